The first-order valence-electron chi connectivity index (χ1n) is 11.6. The normalized spacial score (nSPS) is 19.6. The van der Waals surface area contributed by atoms with Gasteiger partial charge in [0.2, 0.25) is 5.91 Å². The van der Waals surface area contributed by atoms with E-state index in [0.717, 1.165) is 69.7 Å². The van der Waals surface area contributed by atoms with Crippen LogP contribution in [0.2, 0.25) is 0 Å². The van der Waals surface area contributed by atoms with Crippen LogP contribution in [0.4, 0.5) is 4.39 Å². The Morgan fingerprint density at radius 1 is 1.28 bits per heavy atom. The third-order valence-corrected chi connectivity index (χ3v) is 6.79. The fourth-order valence-corrected chi connectivity index (χ4v) is 4.94. The second-order valence-corrected chi connectivity index (χ2v) is 9.28. The average Bonchev–Trinajstić information content (AvgIpc) is 3.27. The number of carbonyl (C=O) groups excluding carboxylic acids is 1. The number of ether oxygens (including phenoxy) is 1. The zero-order chi connectivity index (χ0) is 23.1. The number of rotatable bonds is 7. The van der Waals surface area contributed by atoms with E-state index in [1.807, 2.05) is 20.2 Å². The molecule has 0 bridgehead atoms. The van der Waals surface area contributed by atoms with Gasteiger partial charge in [-0.15, -0.1) is 0 Å². The minimum Gasteiger partial charge on any atom is -0.494 e. The summed E-state index contributed by atoms with van der Waals surface area (Å²) in [6.45, 7) is 3.22. The summed E-state index contributed by atoms with van der Waals surface area (Å²) in [5.74, 6) is 0.936. The van der Waals surface area contributed by atoms with E-state index in [-0.39, 0.29) is 22.9 Å². The quantitative estimate of drug-likeness (QED) is 0.497. The lowest BCUT2D eigenvalue weighted by Gasteiger charge is -2.34. The molecule has 1 saturated carbocycles. The van der Waals surface area contributed by atoms with Crippen molar-refractivity contribution < 1.29 is 13.9 Å². The van der Waals surface area contributed by atoms with Crippen molar-refractivity contribution in [3.05, 3.63) is 29.6 Å². The number of carbonyl (C=O) groups is 1. The highest BCUT2D eigenvalue weighted by Gasteiger charge is 2.42. The standard InChI is InChI=1S/C24H38FN5O2/c1-26-23(27-17-24(11-5-6-12-24)22(31)29(2)3)28-19-9-13-30(14-10-19)16-18-7-8-21(32-4)20(25)15-18/h7-8,15,19H,5-6,9-14,16-17H2,1-4H3,(H2,26,27,28). The number of nitrogens with one attached hydrogen (secondary N) is 2. The zero-order valence-corrected chi connectivity index (χ0v) is 19.9. The van der Waals surface area contributed by atoms with Gasteiger partial charge in [-0.25, -0.2) is 4.39 Å². The van der Waals surface area contributed by atoms with Crippen molar-refractivity contribution in [1.29, 1.82) is 0 Å². The Bertz CT molecular complexity index is 800. The molecule has 1 aromatic rings. The Morgan fingerprint density at radius 3 is 2.53 bits per heavy atom. The van der Waals surface area contributed by atoms with Crippen LogP contribution in [0, 0.1) is 11.2 Å². The molecule has 1 saturated heterocycles. The van der Waals surface area contributed by atoms with Crippen LogP contribution in [0.15, 0.2) is 23.2 Å². The van der Waals surface area contributed by atoms with Crippen molar-refractivity contribution in [2.75, 3.05) is 47.9 Å². The van der Waals surface area contributed by atoms with E-state index in [0.29, 0.717) is 12.6 Å². The summed E-state index contributed by atoms with van der Waals surface area (Å²) in [4.78, 5) is 21.2. The van der Waals surface area contributed by atoms with Crippen LogP contribution in [-0.4, -0.2) is 75.6 Å². The molecule has 0 aromatic heterocycles. The summed E-state index contributed by atoms with van der Waals surface area (Å²) in [5.41, 5.74) is 0.637. The number of methoxy groups -OCH3 is 1. The van der Waals surface area contributed by atoms with Gasteiger partial charge in [-0.3, -0.25) is 14.7 Å². The van der Waals surface area contributed by atoms with E-state index in [9.17, 15) is 9.18 Å². The Balaban J connectivity index is 1.47. The molecule has 2 aliphatic rings. The van der Waals surface area contributed by atoms with Gasteiger partial charge in [-0.2, -0.15) is 0 Å². The molecule has 1 aliphatic heterocycles. The van der Waals surface area contributed by atoms with Crippen molar-refractivity contribution in [3.8, 4) is 5.75 Å². The first-order chi connectivity index (χ1) is 15.4. The number of likely N-dealkylation sites (tertiary alicyclic amines) is 1. The molecular weight excluding hydrogens is 409 g/mol. The monoisotopic (exact) mass is 447 g/mol. The SMILES string of the molecule is CN=C(NCC1(C(=O)N(C)C)CCCC1)NC1CCN(Cc2ccc(OC)c(F)c2)CC1. The molecule has 2 fully saturated rings. The largest absolute Gasteiger partial charge is 0.494 e. The third kappa shape index (κ3) is 5.91. The molecular formula is C24H38FN5O2. The zero-order valence-electron chi connectivity index (χ0n) is 19.9. The second-order valence-electron chi connectivity index (χ2n) is 9.28. The van der Waals surface area contributed by atoms with Crippen LogP contribution in [0.1, 0.15) is 44.1 Å². The van der Waals surface area contributed by atoms with Gasteiger partial charge in [0.1, 0.15) is 0 Å². The van der Waals surface area contributed by atoms with Crippen LogP contribution >= 0.6 is 0 Å². The number of halogens is 1. The van der Waals surface area contributed by atoms with Gasteiger partial charge in [-0.1, -0.05) is 18.9 Å². The van der Waals surface area contributed by atoms with Crippen molar-refractivity contribution in [2.45, 2.75) is 51.1 Å². The van der Waals surface area contributed by atoms with Gasteiger partial charge in [0.25, 0.3) is 0 Å². The predicted molar refractivity (Wildman–Crippen MR) is 125 cm³/mol. The molecule has 0 spiro atoms. The summed E-state index contributed by atoms with van der Waals surface area (Å²) in [7, 11) is 6.93. The molecule has 1 aliphatic carbocycles. The highest BCUT2D eigenvalue weighted by Crippen LogP contribution is 2.38. The fourth-order valence-electron chi connectivity index (χ4n) is 4.94. The van der Waals surface area contributed by atoms with Crippen LogP contribution in [0.25, 0.3) is 0 Å². The van der Waals surface area contributed by atoms with Crippen molar-refractivity contribution in [2.24, 2.45) is 10.4 Å². The molecule has 0 atom stereocenters. The van der Waals surface area contributed by atoms with E-state index >= 15 is 0 Å². The number of amides is 1. The maximum absolute atomic E-state index is 14.0. The highest BCUT2D eigenvalue weighted by molar-refractivity contribution is 5.85. The molecule has 178 valence electrons. The third-order valence-electron chi connectivity index (χ3n) is 6.79. The van der Waals surface area contributed by atoms with Crippen LogP contribution in [0.5, 0.6) is 5.75 Å². The van der Waals surface area contributed by atoms with Gasteiger partial charge in [-0.05, 0) is 43.4 Å². The smallest absolute Gasteiger partial charge is 0.230 e. The van der Waals surface area contributed by atoms with Gasteiger partial charge in [0, 0.05) is 53.4 Å². The van der Waals surface area contributed by atoms with Crippen LogP contribution < -0.4 is 15.4 Å². The molecule has 1 amide bonds. The van der Waals surface area contributed by atoms with Gasteiger partial charge < -0.3 is 20.3 Å². The Morgan fingerprint density at radius 2 is 1.97 bits per heavy atom. The maximum atomic E-state index is 14.0. The molecule has 0 unspecified atom stereocenters. The minimum atomic E-state index is -0.321. The number of aliphatic imine (C=N–C) groups is 1. The lowest BCUT2D eigenvalue weighted by molar-refractivity contribution is -0.138. The minimum absolute atomic E-state index is 0.209. The Kier molecular flexibility index (Phi) is 8.34. The Hall–Kier alpha value is -2.35. The fraction of sp³-hybridized carbons (Fsp3) is 0.667. The molecule has 0 radical (unpaired) electrons. The van der Waals surface area contributed by atoms with E-state index in [4.69, 9.17) is 4.74 Å². The van der Waals surface area contributed by atoms with Crippen LogP contribution in [-0.2, 0) is 11.3 Å². The van der Waals surface area contributed by atoms with Crippen molar-refractivity contribution in [1.82, 2.24) is 20.4 Å². The molecule has 2 N–H and O–H groups in total. The first-order valence-corrected chi connectivity index (χ1v) is 11.6. The van der Waals surface area contributed by atoms with E-state index in [1.54, 1.807) is 24.1 Å². The lowest BCUT2D eigenvalue weighted by Crippen LogP contribution is -2.52. The first kappa shape index (κ1) is 24.3. The molecule has 3 rings (SSSR count). The summed E-state index contributed by atoms with van der Waals surface area (Å²) < 4.78 is 19.0. The topological polar surface area (TPSA) is 69.2 Å². The number of guanidine groups is 1. The maximum Gasteiger partial charge on any atom is 0.230 e. The van der Waals surface area contributed by atoms with E-state index in [2.05, 4.69) is 20.5 Å². The van der Waals surface area contributed by atoms with E-state index in [1.165, 1.54) is 7.11 Å². The number of hydrogen-bond donors (Lipinski definition) is 2. The Labute approximate surface area is 191 Å². The summed E-state index contributed by atoms with van der Waals surface area (Å²) in [6.07, 6.45) is 6.03. The van der Waals surface area contributed by atoms with Crippen molar-refractivity contribution in [3.63, 3.8) is 0 Å². The highest BCUT2D eigenvalue weighted by atomic mass is 19.1. The van der Waals surface area contributed by atoms with Crippen molar-refractivity contribution >= 4 is 11.9 Å². The number of piperidine rings is 1. The molecule has 7 nitrogen and oxygen atoms in total. The number of benzene rings is 1. The molecule has 1 aromatic carbocycles. The predicted octanol–water partition coefficient (Wildman–Crippen LogP) is 2.61. The van der Waals surface area contributed by atoms with Crippen LogP contribution in [0.3, 0.4) is 0 Å². The summed E-state index contributed by atoms with van der Waals surface area (Å²) in [6, 6.07) is 5.50. The molecule has 32 heavy (non-hydrogen) atoms. The average molecular weight is 448 g/mol. The number of hydrogen-bond acceptors (Lipinski definition) is 4. The van der Waals surface area contributed by atoms with Gasteiger partial charge in [0.05, 0.1) is 12.5 Å². The molecule has 1 heterocycles. The van der Waals surface area contributed by atoms with Gasteiger partial charge in [0.15, 0.2) is 17.5 Å². The second kappa shape index (κ2) is 11.0. The van der Waals surface area contributed by atoms with E-state index < -0.39 is 0 Å². The number of nitrogens with zero attached hydrogens (tertiary/aromatic N) is 3. The summed E-state index contributed by atoms with van der Waals surface area (Å²) >= 11 is 0. The van der Waals surface area contributed by atoms with Gasteiger partial charge >= 0.3 is 0 Å². The lowest BCUT2D eigenvalue weighted by atomic mass is 9.84. The molecule has 8 heteroatoms. The summed E-state index contributed by atoms with van der Waals surface area (Å²) in [5, 5.41) is 6.96.